The second-order valence-corrected chi connectivity index (χ2v) is 4.66. The summed E-state index contributed by atoms with van der Waals surface area (Å²) in [4.78, 5) is 4.25. The van der Waals surface area contributed by atoms with Crippen LogP contribution in [0, 0.1) is 0 Å². The van der Waals surface area contributed by atoms with Gasteiger partial charge < -0.3 is 10.5 Å². The molecule has 0 spiro atoms. The lowest BCUT2D eigenvalue weighted by atomic mass is 10.3. The number of hydrogen-bond acceptors (Lipinski definition) is 5. The molecular weight excluding hydrogens is 258 g/mol. The average Bonchev–Trinajstić information content (AvgIpc) is 2.72. The van der Waals surface area contributed by atoms with Gasteiger partial charge in [-0.15, -0.1) is 0 Å². The van der Waals surface area contributed by atoms with E-state index in [2.05, 4.69) is 16.3 Å². The standard InChI is InChI=1S/C11H12ClN3OS/c1-2-3-10-14-11(17-15-10)16-9-6-7(12)4-5-8(9)13/h4-6H,2-3,13H2,1H3. The van der Waals surface area contributed by atoms with Gasteiger partial charge in [0.25, 0.3) is 5.19 Å². The molecule has 1 heterocycles. The van der Waals surface area contributed by atoms with Crippen molar-refractivity contribution in [2.45, 2.75) is 19.8 Å². The van der Waals surface area contributed by atoms with E-state index in [0.717, 1.165) is 18.7 Å². The quantitative estimate of drug-likeness (QED) is 0.863. The van der Waals surface area contributed by atoms with E-state index < -0.39 is 0 Å². The number of hydrogen-bond donors (Lipinski definition) is 1. The van der Waals surface area contributed by atoms with E-state index in [1.54, 1.807) is 18.2 Å². The fraction of sp³-hybridized carbons (Fsp3) is 0.273. The Morgan fingerprint density at radius 2 is 2.29 bits per heavy atom. The third kappa shape index (κ3) is 3.08. The fourth-order valence-corrected chi connectivity index (χ4v) is 2.05. The van der Waals surface area contributed by atoms with Gasteiger partial charge in [-0.1, -0.05) is 18.5 Å². The Hall–Kier alpha value is -1.33. The highest BCUT2D eigenvalue weighted by Gasteiger charge is 2.08. The number of halogens is 1. The van der Waals surface area contributed by atoms with Gasteiger partial charge >= 0.3 is 0 Å². The van der Waals surface area contributed by atoms with Crippen LogP contribution in [0.4, 0.5) is 5.69 Å². The molecule has 1 aromatic carbocycles. The number of aryl methyl sites for hydroxylation is 1. The summed E-state index contributed by atoms with van der Waals surface area (Å²) in [7, 11) is 0. The monoisotopic (exact) mass is 269 g/mol. The van der Waals surface area contributed by atoms with Crippen molar-refractivity contribution in [3.63, 3.8) is 0 Å². The molecule has 0 saturated carbocycles. The van der Waals surface area contributed by atoms with Crippen LogP contribution in [0.25, 0.3) is 0 Å². The van der Waals surface area contributed by atoms with Crippen molar-refractivity contribution in [3.05, 3.63) is 29.0 Å². The topological polar surface area (TPSA) is 61.0 Å². The minimum absolute atomic E-state index is 0.488. The molecule has 0 unspecified atom stereocenters. The van der Waals surface area contributed by atoms with Crippen LogP contribution < -0.4 is 10.5 Å². The first-order chi connectivity index (χ1) is 8.19. The maximum absolute atomic E-state index is 5.87. The lowest BCUT2D eigenvalue weighted by molar-refractivity contribution is 0.479. The Morgan fingerprint density at radius 1 is 1.47 bits per heavy atom. The Bertz CT molecular complexity index is 515. The molecule has 6 heteroatoms. The van der Waals surface area contributed by atoms with Crippen LogP contribution in [0.5, 0.6) is 10.9 Å². The fourth-order valence-electron chi connectivity index (χ4n) is 1.30. The average molecular weight is 270 g/mol. The first kappa shape index (κ1) is 12.1. The van der Waals surface area contributed by atoms with Crippen molar-refractivity contribution in [2.24, 2.45) is 0 Å². The molecule has 2 aromatic rings. The maximum Gasteiger partial charge on any atom is 0.298 e. The van der Waals surface area contributed by atoms with Crippen LogP contribution in [0.3, 0.4) is 0 Å². The summed E-state index contributed by atoms with van der Waals surface area (Å²) in [5.74, 6) is 1.31. The summed E-state index contributed by atoms with van der Waals surface area (Å²) >= 11 is 7.09. The number of rotatable bonds is 4. The van der Waals surface area contributed by atoms with E-state index in [-0.39, 0.29) is 0 Å². The van der Waals surface area contributed by atoms with Crippen molar-refractivity contribution in [1.82, 2.24) is 9.36 Å². The molecule has 1 aromatic heterocycles. The molecule has 0 atom stereocenters. The predicted octanol–water partition coefficient (Wildman–Crippen LogP) is 3.52. The minimum atomic E-state index is 0.488. The predicted molar refractivity (Wildman–Crippen MR) is 69.8 cm³/mol. The third-order valence-corrected chi connectivity index (χ3v) is 2.96. The van der Waals surface area contributed by atoms with E-state index in [1.807, 2.05) is 0 Å². The molecule has 90 valence electrons. The van der Waals surface area contributed by atoms with Gasteiger partial charge in [-0.05, 0) is 18.6 Å². The Balaban J connectivity index is 2.16. The zero-order valence-corrected chi connectivity index (χ0v) is 10.9. The Morgan fingerprint density at radius 3 is 3.06 bits per heavy atom. The normalized spacial score (nSPS) is 10.5. The molecule has 0 fully saturated rings. The molecule has 0 aliphatic carbocycles. The Kier molecular flexibility index (Phi) is 3.81. The lowest BCUT2D eigenvalue weighted by Gasteiger charge is -2.04. The molecule has 0 aliphatic heterocycles. The molecule has 17 heavy (non-hydrogen) atoms. The van der Waals surface area contributed by atoms with Gasteiger partial charge in [-0.2, -0.15) is 9.36 Å². The van der Waals surface area contributed by atoms with Gasteiger partial charge in [0.15, 0.2) is 5.75 Å². The van der Waals surface area contributed by atoms with Crippen LogP contribution in [0.15, 0.2) is 18.2 Å². The van der Waals surface area contributed by atoms with Gasteiger partial charge in [-0.3, -0.25) is 0 Å². The molecule has 0 amide bonds. The molecule has 0 saturated heterocycles. The van der Waals surface area contributed by atoms with Crippen molar-refractivity contribution in [2.75, 3.05) is 5.73 Å². The summed E-state index contributed by atoms with van der Waals surface area (Å²) in [6.45, 7) is 2.08. The van der Waals surface area contributed by atoms with Crippen LogP contribution in [0.2, 0.25) is 5.02 Å². The van der Waals surface area contributed by atoms with Crippen LogP contribution in [0.1, 0.15) is 19.2 Å². The zero-order chi connectivity index (χ0) is 12.3. The number of nitrogen functional groups attached to an aromatic ring is 1. The van der Waals surface area contributed by atoms with Crippen LogP contribution >= 0.6 is 23.1 Å². The molecule has 4 nitrogen and oxygen atoms in total. The Labute approximate surface area is 109 Å². The summed E-state index contributed by atoms with van der Waals surface area (Å²) in [5, 5.41) is 1.06. The molecule has 0 bridgehead atoms. The highest BCUT2D eigenvalue weighted by molar-refractivity contribution is 7.07. The van der Waals surface area contributed by atoms with Gasteiger partial charge in [0.1, 0.15) is 5.82 Å². The summed E-state index contributed by atoms with van der Waals surface area (Å²) in [6.07, 6.45) is 1.86. The summed E-state index contributed by atoms with van der Waals surface area (Å²) in [5.41, 5.74) is 6.30. The van der Waals surface area contributed by atoms with Gasteiger partial charge in [0.05, 0.1) is 5.69 Å². The molecule has 2 N–H and O–H groups in total. The smallest absolute Gasteiger partial charge is 0.298 e. The van der Waals surface area contributed by atoms with Gasteiger partial charge in [-0.25, -0.2) is 0 Å². The van der Waals surface area contributed by atoms with Crippen molar-refractivity contribution < 1.29 is 4.74 Å². The highest BCUT2D eigenvalue weighted by atomic mass is 35.5. The van der Waals surface area contributed by atoms with E-state index in [0.29, 0.717) is 21.7 Å². The van der Waals surface area contributed by atoms with E-state index in [4.69, 9.17) is 22.1 Å². The van der Waals surface area contributed by atoms with E-state index in [9.17, 15) is 0 Å². The number of nitrogens with two attached hydrogens (primary N) is 1. The number of benzene rings is 1. The maximum atomic E-state index is 5.87. The number of aromatic nitrogens is 2. The van der Waals surface area contributed by atoms with Crippen molar-refractivity contribution in [1.29, 1.82) is 0 Å². The second kappa shape index (κ2) is 5.33. The lowest BCUT2D eigenvalue weighted by Crippen LogP contribution is -1.92. The SMILES string of the molecule is CCCc1nsc(Oc2cc(Cl)ccc2N)n1. The second-order valence-electron chi connectivity index (χ2n) is 3.51. The number of nitrogens with zero attached hydrogens (tertiary/aromatic N) is 2. The molecule has 0 aliphatic rings. The number of anilines is 1. The molecule has 0 radical (unpaired) electrons. The highest BCUT2D eigenvalue weighted by Crippen LogP contribution is 2.30. The summed E-state index contributed by atoms with van der Waals surface area (Å²) in [6, 6.07) is 5.08. The van der Waals surface area contributed by atoms with Crippen molar-refractivity contribution in [3.8, 4) is 10.9 Å². The molecule has 2 rings (SSSR count). The van der Waals surface area contributed by atoms with Crippen LogP contribution in [-0.4, -0.2) is 9.36 Å². The first-order valence-corrected chi connectivity index (χ1v) is 6.39. The van der Waals surface area contributed by atoms with Crippen molar-refractivity contribution >= 4 is 28.8 Å². The van der Waals surface area contributed by atoms with Gasteiger partial charge in [0.2, 0.25) is 0 Å². The van der Waals surface area contributed by atoms with Crippen LogP contribution in [-0.2, 0) is 6.42 Å². The molecular formula is C11H12ClN3OS. The number of ether oxygens (including phenoxy) is 1. The van der Waals surface area contributed by atoms with E-state index in [1.165, 1.54) is 11.5 Å². The van der Waals surface area contributed by atoms with Gasteiger partial charge in [0, 0.05) is 29.0 Å². The largest absolute Gasteiger partial charge is 0.428 e. The minimum Gasteiger partial charge on any atom is -0.428 e. The van der Waals surface area contributed by atoms with E-state index >= 15 is 0 Å². The summed E-state index contributed by atoms with van der Waals surface area (Å²) < 4.78 is 9.74. The third-order valence-electron chi connectivity index (χ3n) is 2.10. The zero-order valence-electron chi connectivity index (χ0n) is 9.31. The first-order valence-electron chi connectivity index (χ1n) is 5.24.